The Morgan fingerprint density at radius 3 is 2.80 bits per heavy atom. The molecule has 1 heterocycles. The third-order valence-electron chi connectivity index (χ3n) is 2.00. The Morgan fingerprint density at radius 1 is 1.40 bits per heavy atom. The third kappa shape index (κ3) is 1.82. The highest BCUT2D eigenvalue weighted by Gasteiger charge is 2.12. The van der Waals surface area contributed by atoms with Crippen LogP contribution in [0.2, 0.25) is 5.02 Å². The summed E-state index contributed by atoms with van der Waals surface area (Å²) in [6.07, 6.45) is 1.47. The van der Waals surface area contributed by atoms with Crippen LogP contribution in [-0.2, 0) is 0 Å². The predicted molar refractivity (Wildman–Crippen MR) is 61.4 cm³/mol. The number of hydrogen-bond acceptors (Lipinski definition) is 2. The maximum absolute atomic E-state index is 10.9. The molecule has 5 heteroatoms. The van der Waals surface area contributed by atoms with Crippen molar-refractivity contribution in [2.24, 2.45) is 0 Å². The molecule has 0 saturated carbocycles. The fraction of sp³-hybridized carbons (Fsp3) is 0. The van der Waals surface area contributed by atoms with Gasteiger partial charge < -0.3 is 5.11 Å². The van der Waals surface area contributed by atoms with Crippen LogP contribution in [0.1, 0.15) is 10.5 Å². The number of benzene rings is 1. The first-order valence-electron chi connectivity index (χ1n) is 4.06. The van der Waals surface area contributed by atoms with Crippen LogP contribution in [0.3, 0.4) is 0 Å². The number of fused-ring (bicyclic) bond motifs is 1. The molecule has 0 radical (unpaired) electrons. The summed E-state index contributed by atoms with van der Waals surface area (Å²) < 4.78 is 0.749. The minimum absolute atomic E-state index is 0.00991. The molecule has 0 fully saturated rings. The van der Waals surface area contributed by atoms with Gasteiger partial charge in [0, 0.05) is 21.1 Å². The van der Waals surface area contributed by atoms with Crippen LogP contribution in [0.15, 0.2) is 28.9 Å². The molecule has 0 unspecified atom stereocenters. The zero-order valence-corrected chi connectivity index (χ0v) is 9.71. The molecule has 0 aliphatic heterocycles. The van der Waals surface area contributed by atoms with Gasteiger partial charge in [0.1, 0.15) is 0 Å². The second-order valence-corrected chi connectivity index (χ2v) is 4.24. The number of aromatic carboxylic acids is 1. The number of hydrogen-bond donors (Lipinski definition) is 1. The number of carbonyl (C=O) groups is 1. The molecule has 0 bridgehead atoms. The van der Waals surface area contributed by atoms with Gasteiger partial charge in [-0.1, -0.05) is 17.7 Å². The van der Waals surface area contributed by atoms with Gasteiger partial charge in [0.2, 0.25) is 0 Å². The molecule has 15 heavy (non-hydrogen) atoms. The molecule has 3 nitrogen and oxygen atoms in total. The fourth-order valence-electron chi connectivity index (χ4n) is 1.35. The van der Waals surface area contributed by atoms with Crippen LogP contribution in [0.4, 0.5) is 0 Å². The minimum atomic E-state index is -1.06. The molecule has 76 valence electrons. The number of carboxylic acid groups (broad SMARTS) is 1. The fourth-order valence-corrected chi connectivity index (χ4v) is 1.97. The van der Waals surface area contributed by atoms with Gasteiger partial charge in [-0.2, -0.15) is 0 Å². The Labute approximate surface area is 98.8 Å². The Balaban J connectivity index is 2.90. The lowest BCUT2D eigenvalue weighted by Gasteiger charge is -2.03. The van der Waals surface area contributed by atoms with Crippen LogP contribution in [0.5, 0.6) is 0 Å². The first-order valence-corrected chi connectivity index (χ1v) is 5.24. The van der Waals surface area contributed by atoms with E-state index in [9.17, 15) is 4.79 Å². The van der Waals surface area contributed by atoms with E-state index in [1.54, 1.807) is 18.2 Å². The minimum Gasteiger partial charge on any atom is -0.476 e. The largest absolute Gasteiger partial charge is 0.476 e. The van der Waals surface area contributed by atoms with Crippen molar-refractivity contribution in [1.82, 2.24) is 4.98 Å². The van der Waals surface area contributed by atoms with Gasteiger partial charge in [0.05, 0.1) is 0 Å². The molecule has 1 aromatic carbocycles. The maximum Gasteiger partial charge on any atom is 0.355 e. The normalized spacial score (nSPS) is 10.5. The summed E-state index contributed by atoms with van der Waals surface area (Å²) in [7, 11) is 0. The Bertz CT molecular complexity index is 556. The zero-order valence-electron chi connectivity index (χ0n) is 7.37. The van der Waals surface area contributed by atoms with Crippen molar-refractivity contribution in [3.8, 4) is 0 Å². The zero-order chi connectivity index (χ0) is 11.0. The van der Waals surface area contributed by atoms with E-state index in [0.29, 0.717) is 10.4 Å². The van der Waals surface area contributed by atoms with Gasteiger partial charge in [0.15, 0.2) is 5.69 Å². The predicted octanol–water partition coefficient (Wildman–Crippen LogP) is 3.35. The molecular weight excluding hydrogens is 281 g/mol. The van der Waals surface area contributed by atoms with Gasteiger partial charge in [0.25, 0.3) is 0 Å². The molecule has 2 rings (SSSR count). The number of carboxylic acids is 1. The first kappa shape index (κ1) is 10.4. The van der Waals surface area contributed by atoms with Gasteiger partial charge in [-0.15, -0.1) is 0 Å². The summed E-state index contributed by atoms with van der Waals surface area (Å²) >= 11 is 9.12. The topological polar surface area (TPSA) is 50.2 Å². The summed E-state index contributed by atoms with van der Waals surface area (Å²) in [5.74, 6) is -1.06. The third-order valence-corrected chi connectivity index (χ3v) is 2.87. The molecule has 2 aromatic rings. The highest BCUT2D eigenvalue weighted by atomic mass is 79.9. The number of nitrogens with zero attached hydrogens (tertiary/aromatic N) is 1. The van der Waals surface area contributed by atoms with Crippen molar-refractivity contribution in [1.29, 1.82) is 0 Å². The SMILES string of the molecule is O=C(O)c1ncc(Br)c2ccc(Cl)cc12. The van der Waals surface area contributed by atoms with Crippen LogP contribution in [0, 0.1) is 0 Å². The molecule has 1 N–H and O–H groups in total. The lowest BCUT2D eigenvalue weighted by atomic mass is 10.1. The standard InChI is InChI=1S/C10H5BrClNO2/c11-8-4-13-9(10(14)15)7-3-5(12)1-2-6(7)8/h1-4H,(H,14,15). The second kappa shape index (κ2) is 3.79. The Kier molecular flexibility index (Phi) is 2.63. The van der Waals surface area contributed by atoms with Gasteiger partial charge in [-0.25, -0.2) is 9.78 Å². The van der Waals surface area contributed by atoms with E-state index in [1.165, 1.54) is 6.20 Å². The highest BCUT2D eigenvalue weighted by molar-refractivity contribution is 9.10. The van der Waals surface area contributed by atoms with E-state index in [-0.39, 0.29) is 5.69 Å². The lowest BCUT2D eigenvalue weighted by molar-refractivity contribution is 0.0693. The molecule has 0 aliphatic carbocycles. The van der Waals surface area contributed by atoms with Crippen molar-refractivity contribution < 1.29 is 9.90 Å². The number of halogens is 2. The van der Waals surface area contributed by atoms with E-state index in [2.05, 4.69) is 20.9 Å². The van der Waals surface area contributed by atoms with Crippen molar-refractivity contribution >= 4 is 44.3 Å². The summed E-state index contributed by atoms with van der Waals surface area (Å²) in [6.45, 7) is 0. The van der Waals surface area contributed by atoms with E-state index in [4.69, 9.17) is 16.7 Å². The average molecular weight is 287 g/mol. The van der Waals surface area contributed by atoms with Crippen LogP contribution in [-0.4, -0.2) is 16.1 Å². The van der Waals surface area contributed by atoms with Crippen LogP contribution < -0.4 is 0 Å². The average Bonchev–Trinajstić information content (AvgIpc) is 2.17. The highest BCUT2D eigenvalue weighted by Crippen LogP contribution is 2.27. The second-order valence-electron chi connectivity index (χ2n) is 2.95. The van der Waals surface area contributed by atoms with Crippen LogP contribution >= 0.6 is 27.5 Å². The van der Waals surface area contributed by atoms with E-state index < -0.39 is 5.97 Å². The van der Waals surface area contributed by atoms with E-state index >= 15 is 0 Å². The van der Waals surface area contributed by atoms with Crippen molar-refractivity contribution in [3.63, 3.8) is 0 Å². The van der Waals surface area contributed by atoms with Crippen molar-refractivity contribution in [2.45, 2.75) is 0 Å². The molecule has 0 aliphatic rings. The first-order chi connectivity index (χ1) is 7.09. The number of rotatable bonds is 1. The molecule has 0 amide bonds. The van der Waals surface area contributed by atoms with Gasteiger partial charge in [-0.05, 0) is 33.4 Å². The quantitative estimate of drug-likeness (QED) is 0.874. The molecule has 1 aromatic heterocycles. The van der Waals surface area contributed by atoms with Crippen molar-refractivity contribution in [2.75, 3.05) is 0 Å². The smallest absolute Gasteiger partial charge is 0.355 e. The number of aromatic nitrogens is 1. The summed E-state index contributed by atoms with van der Waals surface area (Å²) in [5, 5.41) is 10.8. The molecule has 0 spiro atoms. The maximum atomic E-state index is 10.9. The molecule has 0 atom stereocenters. The molecular formula is C10H5BrClNO2. The number of pyridine rings is 1. The Hall–Kier alpha value is -1.13. The Morgan fingerprint density at radius 2 is 2.13 bits per heavy atom. The van der Waals surface area contributed by atoms with Gasteiger partial charge >= 0.3 is 5.97 Å². The lowest BCUT2D eigenvalue weighted by Crippen LogP contribution is -2.01. The summed E-state index contributed by atoms with van der Waals surface area (Å²) in [6, 6.07) is 5.06. The van der Waals surface area contributed by atoms with Crippen LogP contribution in [0.25, 0.3) is 10.8 Å². The monoisotopic (exact) mass is 285 g/mol. The van der Waals surface area contributed by atoms with E-state index in [1.807, 2.05) is 0 Å². The molecule has 0 saturated heterocycles. The van der Waals surface area contributed by atoms with E-state index in [0.717, 1.165) is 9.86 Å². The summed E-state index contributed by atoms with van der Waals surface area (Å²) in [5.41, 5.74) is 0.00991. The summed E-state index contributed by atoms with van der Waals surface area (Å²) in [4.78, 5) is 14.8. The van der Waals surface area contributed by atoms with Crippen molar-refractivity contribution in [3.05, 3.63) is 39.6 Å². The van der Waals surface area contributed by atoms with Gasteiger partial charge in [-0.3, -0.25) is 0 Å².